The second kappa shape index (κ2) is 30.8. The minimum Gasteiger partial charge on any atom is -0.394 e. The van der Waals surface area contributed by atoms with Crippen molar-refractivity contribution in [1.82, 2.24) is 5.32 Å². The van der Waals surface area contributed by atoms with Crippen LogP contribution in [0, 0.1) is 5.92 Å². The Balaban J connectivity index is 4.07. The Hall–Kier alpha value is -1.69. The van der Waals surface area contributed by atoms with Gasteiger partial charge in [0.05, 0.1) is 18.8 Å². The van der Waals surface area contributed by atoms with Crippen molar-refractivity contribution in [3.63, 3.8) is 0 Å². The topological polar surface area (TPSA) is 89.8 Å². The minimum atomic E-state index is -1.30. The van der Waals surface area contributed by atoms with Crippen LogP contribution in [0.25, 0.3) is 0 Å². The predicted molar refractivity (Wildman–Crippen MR) is 180 cm³/mol. The number of unbranched alkanes of at least 4 members (excludes halogenated alkanes) is 15. The van der Waals surface area contributed by atoms with Gasteiger partial charge in [0.25, 0.3) is 5.91 Å². The van der Waals surface area contributed by atoms with Crippen molar-refractivity contribution in [3.8, 4) is 0 Å². The standard InChI is InChI=1S/C37H67NO4/c1-4-6-8-10-12-14-16-17-18-20-22-24-26-30-35(40)34(32-39)38-37(42)36(41)31-27-29-33(3)28-25-23-21-19-15-13-11-9-7-5-2/h16-18,20,26-27,30-31,33-36,39-41H,4-15,19,21-25,28-29,32H2,1-3H3,(H,38,42). The van der Waals surface area contributed by atoms with E-state index < -0.39 is 30.8 Å². The Bertz CT molecular complexity index is 715. The highest BCUT2D eigenvalue weighted by Crippen LogP contribution is 2.16. The first-order valence-electron chi connectivity index (χ1n) is 17.4. The lowest BCUT2D eigenvalue weighted by atomic mass is 9.98. The highest BCUT2D eigenvalue weighted by atomic mass is 16.3. The van der Waals surface area contributed by atoms with Crippen LogP contribution in [0.3, 0.4) is 0 Å². The van der Waals surface area contributed by atoms with Gasteiger partial charge in [-0.25, -0.2) is 0 Å². The van der Waals surface area contributed by atoms with Gasteiger partial charge in [-0.3, -0.25) is 4.79 Å². The molecule has 0 radical (unpaired) electrons. The van der Waals surface area contributed by atoms with Crippen molar-refractivity contribution in [2.45, 2.75) is 167 Å². The van der Waals surface area contributed by atoms with Crippen LogP contribution in [-0.2, 0) is 4.79 Å². The van der Waals surface area contributed by atoms with Gasteiger partial charge in [-0.05, 0) is 38.0 Å². The summed E-state index contributed by atoms with van der Waals surface area (Å²) in [5, 5.41) is 32.8. The van der Waals surface area contributed by atoms with Gasteiger partial charge in [-0.1, -0.05) is 166 Å². The highest BCUT2D eigenvalue weighted by Gasteiger charge is 2.21. The third-order valence-corrected chi connectivity index (χ3v) is 7.80. The molecule has 4 unspecified atom stereocenters. The molecule has 4 atom stereocenters. The number of aliphatic hydroxyl groups is 3. The SMILES string of the molecule is CCCCCCCC=CC=CCCC=CC(O)C(CO)NC(=O)C(O)C=CCC(C)CCCCCCCCCCCC. The van der Waals surface area contributed by atoms with Crippen LogP contribution >= 0.6 is 0 Å². The first-order valence-corrected chi connectivity index (χ1v) is 17.4. The van der Waals surface area contributed by atoms with E-state index in [1.54, 1.807) is 6.08 Å². The van der Waals surface area contributed by atoms with Crippen molar-refractivity contribution < 1.29 is 20.1 Å². The van der Waals surface area contributed by atoms with Crippen molar-refractivity contribution in [1.29, 1.82) is 0 Å². The molecule has 244 valence electrons. The Kier molecular flexibility index (Phi) is 29.5. The molecule has 0 spiro atoms. The van der Waals surface area contributed by atoms with Crippen molar-refractivity contribution >= 4 is 5.91 Å². The van der Waals surface area contributed by atoms with Gasteiger partial charge in [-0.2, -0.15) is 0 Å². The second-order valence-corrected chi connectivity index (χ2v) is 12.0. The van der Waals surface area contributed by atoms with E-state index >= 15 is 0 Å². The van der Waals surface area contributed by atoms with Crippen molar-refractivity contribution in [2.75, 3.05) is 6.61 Å². The number of aliphatic hydroxyl groups excluding tert-OH is 3. The van der Waals surface area contributed by atoms with Gasteiger partial charge >= 0.3 is 0 Å². The Morgan fingerprint density at radius 2 is 1.19 bits per heavy atom. The summed E-state index contributed by atoms with van der Waals surface area (Å²) in [5.41, 5.74) is 0. The molecule has 0 rings (SSSR count). The summed E-state index contributed by atoms with van der Waals surface area (Å²) < 4.78 is 0. The van der Waals surface area contributed by atoms with E-state index in [1.165, 1.54) is 102 Å². The molecule has 0 aromatic heterocycles. The van der Waals surface area contributed by atoms with Gasteiger partial charge in [-0.15, -0.1) is 0 Å². The lowest BCUT2D eigenvalue weighted by Crippen LogP contribution is -2.48. The van der Waals surface area contributed by atoms with Crippen LogP contribution in [0.5, 0.6) is 0 Å². The van der Waals surface area contributed by atoms with Gasteiger partial charge in [0.2, 0.25) is 0 Å². The maximum atomic E-state index is 12.4. The molecule has 0 aromatic carbocycles. The number of nitrogens with one attached hydrogen (secondary N) is 1. The van der Waals surface area contributed by atoms with Crippen LogP contribution in [0.2, 0.25) is 0 Å². The van der Waals surface area contributed by atoms with E-state index in [0.29, 0.717) is 5.92 Å². The molecular formula is C37H67NO4. The summed E-state index contributed by atoms with van der Waals surface area (Å²) in [7, 11) is 0. The van der Waals surface area contributed by atoms with Gasteiger partial charge in [0.15, 0.2) is 6.10 Å². The second-order valence-electron chi connectivity index (χ2n) is 12.0. The predicted octanol–water partition coefficient (Wildman–Crippen LogP) is 8.89. The molecule has 5 heteroatoms. The summed E-state index contributed by atoms with van der Waals surface area (Å²) in [6, 6.07) is -0.858. The van der Waals surface area contributed by atoms with Gasteiger partial charge < -0.3 is 20.6 Å². The van der Waals surface area contributed by atoms with E-state index in [0.717, 1.165) is 32.1 Å². The van der Waals surface area contributed by atoms with Crippen molar-refractivity contribution in [2.24, 2.45) is 5.92 Å². The molecule has 0 aliphatic rings. The summed E-state index contributed by atoms with van der Waals surface area (Å²) in [4.78, 5) is 12.4. The van der Waals surface area contributed by atoms with Crippen molar-refractivity contribution in [3.05, 3.63) is 48.6 Å². The number of carbonyl (C=O) groups excluding carboxylic acids is 1. The van der Waals surface area contributed by atoms with E-state index in [-0.39, 0.29) is 0 Å². The molecular weight excluding hydrogens is 522 g/mol. The Labute approximate surface area is 259 Å². The van der Waals surface area contributed by atoms with E-state index in [4.69, 9.17) is 0 Å². The largest absolute Gasteiger partial charge is 0.394 e. The zero-order valence-electron chi connectivity index (χ0n) is 27.5. The molecule has 0 saturated carbocycles. The Morgan fingerprint density at radius 3 is 1.79 bits per heavy atom. The molecule has 0 heterocycles. The van der Waals surface area contributed by atoms with Crippen LogP contribution in [0.4, 0.5) is 0 Å². The first-order chi connectivity index (χ1) is 20.5. The third-order valence-electron chi connectivity index (χ3n) is 7.80. The molecule has 4 N–H and O–H groups in total. The smallest absolute Gasteiger partial charge is 0.253 e. The number of allylic oxidation sites excluding steroid dienone is 6. The van der Waals surface area contributed by atoms with Crippen LogP contribution in [0.15, 0.2) is 48.6 Å². The number of carbonyl (C=O) groups is 1. The zero-order valence-corrected chi connectivity index (χ0v) is 27.5. The Morgan fingerprint density at radius 1 is 0.667 bits per heavy atom. The normalized spacial score (nSPS) is 15.3. The number of rotatable bonds is 29. The third kappa shape index (κ3) is 26.0. The van der Waals surface area contributed by atoms with E-state index in [9.17, 15) is 20.1 Å². The van der Waals surface area contributed by atoms with Crippen LogP contribution < -0.4 is 5.32 Å². The summed E-state index contributed by atoms with van der Waals surface area (Å²) in [5.74, 6) is -0.103. The summed E-state index contributed by atoms with van der Waals surface area (Å²) in [6.45, 7) is 6.29. The number of amides is 1. The summed E-state index contributed by atoms with van der Waals surface area (Å²) in [6.07, 6.45) is 37.5. The van der Waals surface area contributed by atoms with E-state index in [2.05, 4.69) is 50.4 Å². The molecule has 0 fully saturated rings. The quantitative estimate of drug-likeness (QED) is 0.0398. The molecule has 0 aliphatic carbocycles. The average molecular weight is 590 g/mol. The maximum absolute atomic E-state index is 12.4. The molecule has 1 amide bonds. The van der Waals surface area contributed by atoms with Crippen LogP contribution in [-0.4, -0.2) is 46.1 Å². The number of hydrogen-bond acceptors (Lipinski definition) is 4. The minimum absolute atomic E-state index is 0.410. The molecule has 0 aliphatic heterocycles. The average Bonchev–Trinajstić information content (AvgIpc) is 2.98. The lowest BCUT2D eigenvalue weighted by Gasteiger charge is -2.21. The molecule has 0 saturated heterocycles. The molecule has 0 bridgehead atoms. The lowest BCUT2D eigenvalue weighted by molar-refractivity contribution is -0.128. The summed E-state index contributed by atoms with van der Waals surface area (Å²) >= 11 is 0. The van der Waals surface area contributed by atoms with Gasteiger partial charge in [0, 0.05) is 0 Å². The maximum Gasteiger partial charge on any atom is 0.253 e. The fraction of sp³-hybridized carbons (Fsp3) is 0.757. The highest BCUT2D eigenvalue weighted by molar-refractivity contribution is 5.82. The van der Waals surface area contributed by atoms with Gasteiger partial charge in [0.1, 0.15) is 0 Å². The fourth-order valence-corrected chi connectivity index (χ4v) is 4.91. The fourth-order valence-electron chi connectivity index (χ4n) is 4.91. The number of hydrogen-bond donors (Lipinski definition) is 4. The van der Waals surface area contributed by atoms with Crippen LogP contribution in [0.1, 0.15) is 149 Å². The molecule has 0 aromatic rings. The first kappa shape index (κ1) is 40.3. The molecule has 5 nitrogen and oxygen atoms in total. The molecule has 42 heavy (non-hydrogen) atoms. The zero-order chi connectivity index (χ0) is 31.1. The monoisotopic (exact) mass is 590 g/mol. The van der Waals surface area contributed by atoms with E-state index in [1.807, 2.05) is 12.2 Å².